The SMILES string of the molecule is CNC(=O)[C@@H](Cc1ccccc1)N(Cc1ccccc1C)C(=O)CN(c1ccccc1Br)S(C)(=O)=O. The van der Waals surface area contributed by atoms with Gasteiger partial charge < -0.3 is 10.2 Å². The van der Waals surface area contributed by atoms with Crippen molar-refractivity contribution in [3.8, 4) is 0 Å². The molecule has 0 radical (unpaired) electrons. The standard InChI is InChI=1S/C27H30BrN3O4S/c1-20-11-7-8-14-22(20)18-30(25(27(33)29-2)17-21-12-5-4-6-13-21)26(32)19-31(36(3,34)35)24-16-10-9-15-23(24)28/h4-16,25H,17-19H2,1-3H3,(H,29,33)/t25-/m1/s1. The third kappa shape index (κ3) is 6.95. The molecule has 3 rings (SSSR count). The van der Waals surface area contributed by atoms with E-state index in [4.69, 9.17) is 0 Å². The predicted octanol–water partition coefficient (Wildman–Crippen LogP) is 3.91. The molecule has 0 aromatic heterocycles. The summed E-state index contributed by atoms with van der Waals surface area (Å²) >= 11 is 3.39. The number of rotatable bonds is 10. The molecule has 9 heteroatoms. The second-order valence-corrected chi connectivity index (χ2v) is 11.3. The van der Waals surface area contributed by atoms with Gasteiger partial charge in [-0.25, -0.2) is 8.42 Å². The summed E-state index contributed by atoms with van der Waals surface area (Å²) in [5.41, 5.74) is 3.08. The number of likely N-dealkylation sites (N-methyl/N-ethyl adjacent to an activating group) is 1. The highest BCUT2D eigenvalue weighted by molar-refractivity contribution is 9.10. The van der Waals surface area contributed by atoms with E-state index in [9.17, 15) is 18.0 Å². The third-order valence-electron chi connectivity index (χ3n) is 5.92. The number of amides is 2. The first-order valence-electron chi connectivity index (χ1n) is 11.4. The number of nitrogens with one attached hydrogen (secondary N) is 1. The van der Waals surface area contributed by atoms with Gasteiger partial charge >= 0.3 is 0 Å². The van der Waals surface area contributed by atoms with Gasteiger partial charge in [-0.05, 0) is 51.7 Å². The zero-order valence-corrected chi connectivity index (χ0v) is 22.9. The van der Waals surface area contributed by atoms with Gasteiger partial charge in [0.05, 0.1) is 11.9 Å². The number of sulfonamides is 1. The number of anilines is 1. The molecule has 1 N–H and O–H groups in total. The number of nitrogens with zero attached hydrogens (tertiary/aromatic N) is 2. The van der Waals surface area contributed by atoms with Crippen LogP contribution in [-0.2, 0) is 32.6 Å². The van der Waals surface area contributed by atoms with Gasteiger partial charge in [-0.15, -0.1) is 0 Å². The van der Waals surface area contributed by atoms with Gasteiger partial charge in [-0.1, -0.05) is 66.7 Å². The predicted molar refractivity (Wildman–Crippen MR) is 146 cm³/mol. The Labute approximate surface area is 221 Å². The van der Waals surface area contributed by atoms with E-state index in [1.807, 2.05) is 61.5 Å². The molecule has 0 unspecified atom stereocenters. The van der Waals surface area contributed by atoms with Gasteiger partial charge in [0.1, 0.15) is 12.6 Å². The molecule has 2 amide bonds. The summed E-state index contributed by atoms with van der Waals surface area (Å²) in [4.78, 5) is 28.5. The van der Waals surface area contributed by atoms with Crippen molar-refractivity contribution in [1.82, 2.24) is 10.2 Å². The van der Waals surface area contributed by atoms with E-state index in [-0.39, 0.29) is 18.9 Å². The number of benzene rings is 3. The third-order valence-corrected chi connectivity index (χ3v) is 7.72. The van der Waals surface area contributed by atoms with Crippen LogP contribution in [0.5, 0.6) is 0 Å². The highest BCUT2D eigenvalue weighted by Crippen LogP contribution is 2.28. The van der Waals surface area contributed by atoms with Crippen molar-refractivity contribution in [3.05, 3.63) is 100 Å². The van der Waals surface area contributed by atoms with Gasteiger partial charge in [0.15, 0.2) is 0 Å². The van der Waals surface area contributed by atoms with Gasteiger partial charge in [-0.3, -0.25) is 13.9 Å². The van der Waals surface area contributed by atoms with Gasteiger partial charge in [0, 0.05) is 24.5 Å². The Morgan fingerprint density at radius 3 is 2.17 bits per heavy atom. The number of halogens is 1. The van der Waals surface area contributed by atoms with E-state index >= 15 is 0 Å². The van der Waals surface area contributed by atoms with Crippen molar-refractivity contribution in [2.24, 2.45) is 0 Å². The van der Waals surface area contributed by atoms with Crippen molar-refractivity contribution in [3.63, 3.8) is 0 Å². The maximum Gasteiger partial charge on any atom is 0.244 e. The second-order valence-electron chi connectivity index (χ2n) is 8.49. The molecular weight excluding hydrogens is 542 g/mol. The molecule has 0 aliphatic rings. The van der Waals surface area contributed by atoms with Gasteiger partial charge in [-0.2, -0.15) is 0 Å². The number of carbonyl (C=O) groups is 2. The molecule has 190 valence electrons. The van der Waals surface area contributed by atoms with Gasteiger partial charge in [0.2, 0.25) is 21.8 Å². The minimum absolute atomic E-state index is 0.157. The summed E-state index contributed by atoms with van der Waals surface area (Å²) < 4.78 is 27.1. The first-order valence-corrected chi connectivity index (χ1v) is 14.1. The van der Waals surface area contributed by atoms with Crippen LogP contribution < -0.4 is 9.62 Å². The molecule has 0 aliphatic heterocycles. The lowest BCUT2D eigenvalue weighted by molar-refractivity contribution is -0.139. The van der Waals surface area contributed by atoms with Crippen LogP contribution in [0.3, 0.4) is 0 Å². The molecule has 0 aliphatic carbocycles. The van der Waals surface area contributed by atoms with E-state index in [2.05, 4.69) is 21.2 Å². The van der Waals surface area contributed by atoms with Crippen molar-refractivity contribution in [1.29, 1.82) is 0 Å². The van der Waals surface area contributed by atoms with Crippen LogP contribution in [0.15, 0.2) is 83.3 Å². The van der Waals surface area contributed by atoms with E-state index in [1.165, 1.54) is 11.9 Å². The zero-order valence-electron chi connectivity index (χ0n) is 20.5. The summed E-state index contributed by atoms with van der Waals surface area (Å²) in [6, 6.07) is 23.0. The Hall–Kier alpha value is -3.17. The van der Waals surface area contributed by atoms with Crippen LogP contribution >= 0.6 is 15.9 Å². The molecule has 0 saturated carbocycles. The highest BCUT2D eigenvalue weighted by atomic mass is 79.9. The van der Waals surface area contributed by atoms with Crippen LogP contribution in [0.2, 0.25) is 0 Å². The lowest BCUT2D eigenvalue weighted by Gasteiger charge is -2.33. The number of aryl methyl sites for hydroxylation is 1. The number of hydrogen-bond donors (Lipinski definition) is 1. The monoisotopic (exact) mass is 571 g/mol. The lowest BCUT2D eigenvalue weighted by Crippen LogP contribution is -2.53. The van der Waals surface area contributed by atoms with Crippen LogP contribution in [0.4, 0.5) is 5.69 Å². The maximum absolute atomic E-state index is 13.9. The van der Waals surface area contributed by atoms with Crippen molar-refractivity contribution in [2.45, 2.75) is 25.9 Å². The summed E-state index contributed by atoms with van der Waals surface area (Å²) in [6.07, 6.45) is 1.34. The van der Waals surface area contributed by atoms with Crippen LogP contribution in [0.1, 0.15) is 16.7 Å². The smallest absolute Gasteiger partial charge is 0.244 e. The molecule has 7 nitrogen and oxygen atoms in total. The Balaban J connectivity index is 2.05. The molecule has 0 spiro atoms. The van der Waals surface area contributed by atoms with E-state index in [1.54, 1.807) is 24.3 Å². The normalized spacial score (nSPS) is 12.0. The molecule has 1 atom stereocenters. The van der Waals surface area contributed by atoms with E-state index < -0.39 is 28.5 Å². The zero-order chi connectivity index (χ0) is 26.3. The minimum Gasteiger partial charge on any atom is -0.357 e. The second kappa shape index (κ2) is 12.2. The molecule has 0 heterocycles. The highest BCUT2D eigenvalue weighted by Gasteiger charge is 2.33. The molecule has 3 aromatic rings. The summed E-state index contributed by atoms with van der Waals surface area (Å²) in [6.45, 7) is 1.65. The number of para-hydroxylation sites is 1. The largest absolute Gasteiger partial charge is 0.357 e. The quantitative estimate of drug-likeness (QED) is 0.399. The van der Waals surface area contributed by atoms with Crippen molar-refractivity contribution >= 4 is 43.5 Å². The first kappa shape index (κ1) is 27.4. The van der Waals surface area contributed by atoms with Crippen LogP contribution in [-0.4, -0.2) is 51.0 Å². The van der Waals surface area contributed by atoms with Crippen LogP contribution in [0.25, 0.3) is 0 Å². The maximum atomic E-state index is 13.9. The fourth-order valence-corrected chi connectivity index (χ4v) is 5.42. The summed E-state index contributed by atoms with van der Waals surface area (Å²) in [7, 11) is -2.28. The molecule has 3 aromatic carbocycles. The first-order chi connectivity index (χ1) is 17.1. The average Bonchev–Trinajstić information content (AvgIpc) is 2.85. The molecule has 0 fully saturated rings. The molecular formula is C27H30BrN3O4S. The fourth-order valence-electron chi connectivity index (χ4n) is 3.94. The summed E-state index contributed by atoms with van der Waals surface area (Å²) in [5.74, 6) is -0.809. The molecule has 0 bridgehead atoms. The van der Waals surface area contributed by atoms with Crippen molar-refractivity contribution < 1.29 is 18.0 Å². The Bertz CT molecular complexity index is 1320. The lowest BCUT2D eigenvalue weighted by atomic mass is 10.0. The average molecular weight is 573 g/mol. The van der Waals surface area contributed by atoms with E-state index in [0.717, 1.165) is 27.3 Å². The van der Waals surface area contributed by atoms with E-state index in [0.29, 0.717) is 10.2 Å². The molecule has 0 saturated heterocycles. The number of carbonyl (C=O) groups excluding carboxylic acids is 2. The van der Waals surface area contributed by atoms with Crippen molar-refractivity contribution in [2.75, 3.05) is 24.2 Å². The minimum atomic E-state index is -3.81. The number of hydrogen-bond acceptors (Lipinski definition) is 4. The topological polar surface area (TPSA) is 86.8 Å². The fraction of sp³-hybridized carbons (Fsp3) is 0.259. The van der Waals surface area contributed by atoms with Crippen LogP contribution in [0, 0.1) is 6.92 Å². The summed E-state index contributed by atoms with van der Waals surface area (Å²) in [5, 5.41) is 2.67. The Kier molecular flexibility index (Phi) is 9.28. The Morgan fingerprint density at radius 2 is 1.56 bits per heavy atom. The Morgan fingerprint density at radius 1 is 0.944 bits per heavy atom. The molecule has 36 heavy (non-hydrogen) atoms. The van der Waals surface area contributed by atoms with Gasteiger partial charge in [0.25, 0.3) is 0 Å².